The summed E-state index contributed by atoms with van der Waals surface area (Å²) in [4.78, 5) is 8.79. The first-order valence-electron chi connectivity index (χ1n) is 7.53. The fourth-order valence-corrected chi connectivity index (χ4v) is 2.27. The largest absolute Gasteiger partial charge is 0.383 e. The summed E-state index contributed by atoms with van der Waals surface area (Å²) in [6.07, 6.45) is 1.84. The van der Waals surface area contributed by atoms with Crippen molar-refractivity contribution in [1.82, 2.24) is 9.97 Å². The summed E-state index contributed by atoms with van der Waals surface area (Å²) >= 11 is 0. The summed E-state index contributed by atoms with van der Waals surface area (Å²) in [7, 11) is 0. The number of aryl methyl sites for hydroxylation is 1. The fourth-order valence-electron chi connectivity index (χ4n) is 2.27. The van der Waals surface area contributed by atoms with Gasteiger partial charge in [0.05, 0.1) is 0 Å². The predicted octanol–water partition coefficient (Wildman–Crippen LogP) is 3.54. The van der Waals surface area contributed by atoms with E-state index in [2.05, 4.69) is 46.5 Å². The lowest BCUT2D eigenvalue weighted by Crippen LogP contribution is -2.12. The van der Waals surface area contributed by atoms with E-state index >= 15 is 0 Å². The summed E-state index contributed by atoms with van der Waals surface area (Å²) in [6, 6.07) is 10.6. The number of nitrogens with two attached hydrogens (primary N) is 1. The minimum atomic E-state index is 0.517. The topological polar surface area (TPSA) is 63.8 Å². The highest BCUT2D eigenvalue weighted by atomic mass is 15.1. The van der Waals surface area contributed by atoms with Gasteiger partial charge in [0.2, 0.25) is 0 Å². The summed E-state index contributed by atoms with van der Waals surface area (Å²) < 4.78 is 0. The second-order valence-corrected chi connectivity index (χ2v) is 5.38. The minimum Gasteiger partial charge on any atom is -0.383 e. The molecule has 2 rings (SSSR count). The Kier molecular flexibility index (Phi) is 5.14. The number of nitrogen functional groups attached to an aromatic ring is 1. The molecule has 1 aromatic heterocycles. The fraction of sp³-hybridized carbons (Fsp3) is 0.412. The summed E-state index contributed by atoms with van der Waals surface area (Å²) in [5, 5.41) is 3.40. The Bertz CT molecular complexity index is 581. The van der Waals surface area contributed by atoms with E-state index in [-0.39, 0.29) is 0 Å². The third-order valence-electron chi connectivity index (χ3n) is 3.78. The van der Waals surface area contributed by atoms with Crippen molar-refractivity contribution in [1.29, 1.82) is 0 Å². The van der Waals surface area contributed by atoms with Crippen molar-refractivity contribution in [2.45, 2.75) is 39.5 Å². The van der Waals surface area contributed by atoms with Crippen molar-refractivity contribution < 1.29 is 0 Å². The monoisotopic (exact) mass is 284 g/mol. The molecule has 1 atom stereocenters. The normalized spacial score (nSPS) is 12.1. The highest BCUT2D eigenvalue weighted by Crippen LogP contribution is 2.20. The molecular formula is C17H24N4. The molecule has 1 aromatic carbocycles. The van der Waals surface area contributed by atoms with Crippen LogP contribution < -0.4 is 11.1 Å². The van der Waals surface area contributed by atoms with E-state index in [1.165, 1.54) is 5.56 Å². The number of nitrogens with zero attached hydrogens (tertiary/aromatic N) is 2. The Morgan fingerprint density at radius 3 is 2.57 bits per heavy atom. The average molecular weight is 284 g/mol. The van der Waals surface area contributed by atoms with E-state index in [0.717, 1.165) is 36.6 Å². The molecule has 4 heteroatoms. The van der Waals surface area contributed by atoms with Crippen LogP contribution in [-0.4, -0.2) is 16.5 Å². The van der Waals surface area contributed by atoms with Gasteiger partial charge >= 0.3 is 0 Å². The quantitative estimate of drug-likeness (QED) is 0.851. The molecule has 0 amide bonds. The molecule has 0 bridgehead atoms. The molecule has 0 saturated carbocycles. The number of hydrogen-bond acceptors (Lipinski definition) is 4. The predicted molar refractivity (Wildman–Crippen MR) is 88.5 cm³/mol. The van der Waals surface area contributed by atoms with Crippen molar-refractivity contribution >= 4 is 11.6 Å². The van der Waals surface area contributed by atoms with Crippen LogP contribution in [0.3, 0.4) is 0 Å². The van der Waals surface area contributed by atoms with E-state index in [1.54, 1.807) is 0 Å². The van der Waals surface area contributed by atoms with E-state index in [0.29, 0.717) is 11.7 Å². The van der Waals surface area contributed by atoms with Crippen molar-refractivity contribution in [3.8, 4) is 0 Å². The van der Waals surface area contributed by atoms with Crippen molar-refractivity contribution in [3.63, 3.8) is 0 Å². The van der Waals surface area contributed by atoms with Gasteiger partial charge in [-0.25, -0.2) is 9.97 Å². The molecule has 0 saturated heterocycles. The van der Waals surface area contributed by atoms with Gasteiger partial charge in [0.15, 0.2) is 0 Å². The SMILES string of the molecule is CCc1nc(N)c(C)c(NCCC(C)c2ccccc2)n1. The highest BCUT2D eigenvalue weighted by molar-refractivity contribution is 5.54. The number of benzene rings is 1. The maximum absolute atomic E-state index is 5.93. The zero-order chi connectivity index (χ0) is 15.2. The van der Waals surface area contributed by atoms with Crippen LogP contribution in [0.15, 0.2) is 30.3 Å². The van der Waals surface area contributed by atoms with E-state index in [4.69, 9.17) is 5.73 Å². The molecule has 0 aliphatic carbocycles. The second kappa shape index (κ2) is 7.07. The summed E-state index contributed by atoms with van der Waals surface area (Å²) in [6.45, 7) is 7.11. The van der Waals surface area contributed by atoms with Crippen LogP contribution in [0.1, 0.15) is 43.1 Å². The molecule has 1 heterocycles. The first-order valence-corrected chi connectivity index (χ1v) is 7.53. The molecule has 0 fully saturated rings. The molecule has 4 nitrogen and oxygen atoms in total. The number of rotatable bonds is 6. The Morgan fingerprint density at radius 1 is 1.19 bits per heavy atom. The lowest BCUT2D eigenvalue weighted by molar-refractivity contribution is 0.704. The smallest absolute Gasteiger partial charge is 0.134 e. The minimum absolute atomic E-state index is 0.517. The van der Waals surface area contributed by atoms with Gasteiger partial charge in [-0.15, -0.1) is 0 Å². The molecule has 0 aliphatic heterocycles. The van der Waals surface area contributed by atoms with Gasteiger partial charge in [0.25, 0.3) is 0 Å². The highest BCUT2D eigenvalue weighted by Gasteiger charge is 2.09. The van der Waals surface area contributed by atoms with Gasteiger partial charge in [0, 0.05) is 18.5 Å². The summed E-state index contributed by atoms with van der Waals surface area (Å²) in [5.74, 6) is 2.74. The van der Waals surface area contributed by atoms with Crippen LogP contribution in [0.25, 0.3) is 0 Å². The van der Waals surface area contributed by atoms with Crippen LogP contribution in [0.4, 0.5) is 11.6 Å². The zero-order valence-electron chi connectivity index (χ0n) is 13.1. The molecule has 21 heavy (non-hydrogen) atoms. The number of nitrogens with one attached hydrogen (secondary N) is 1. The maximum Gasteiger partial charge on any atom is 0.134 e. The maximum atomic E-state index is 5.93. The van der Waals surface area contributed by atoms with Crippen molar-refractivity contribution in [2.24, 2.45) is 0 Å². The van der Waals surface area contributed by atoms with Crippen LogP contribution >= 0.6 is 0 Å². The molecule has 0 radical (unpaired) electrons. The van der Waals surface area contributed by atoms with Crippen LogP contribution in [0, 0.1) is 6.92 Å². The van der Waals surface area contributed by atoms with Crippen LogP contribution in [0.5, 0.6) is 0 Å². The van der Waals surface area contributed by atoms with Crippen molar-refractivity contribution in [3.05, 3.63) is 47.3 Å². The molecule has 0 aliphatic rings. The standard InChI is InChI=1S/C17H24N4/c1-4-15-20-16(18)13(3)17(21-15)19-11-10-12(2)14-8-6-5-7-9-14/h5-9,12H,4,10-11H2,1-3H3,(H3,18,19,20,21). The van der Waals surface area contributed by atoms with Gasteiger partial charge < -0.3 is 11.1 Å². The lowest BCUT2D eigenvalue weighted by atomic mass is 9.98. The molecular weight excluding hydrogens is 260 g/mol. The molecule has 2 aromatic rings. The van der Waals surface area contributed by atoms with Crippen LogP contribution in [-0.2, 0) is 6.42 Å². The Morgan fingerprint density at radius 2 is 1.90 bits per heavy atom. The van der Waals surface area contributed by atoms with Crippen LogP contribution in [0.2, 0.25) is 0 Å². The Hall–Kier alpha value is -2.10. The molecule has 3 N–H and O–H groups in total. The molecule has 1 unspecified atom stereocenters. The van der Waals surface area contributed by atoms with Gasteiger partial charge in [-0.1, -0.05) is 44.2 Å². The Balaban J connectivity index is 1.96. The molecule has 112 valence electrons. The number of hydrogen-bond donors (Lipinski definition) is 2. The summed E-state index contributed by atoms with van der Waals surface area (Å²) in [5.41, 5.74) is 8.23. The van der Waals surface area contributed by atoms with E-state index in [1.807, 2.05) is 19.9 Å². The first-order chi connectivity index (χ1) is 10.1. The van der Waals surface area contributed by atoms with Gasteiger partial charge in [0.1, 0.15) is 17.5 Å². The second-order valence-electron chi connectivity index (χ2n) is 5.38. The first kappa shape index (κ1) is 15.3. The third-order valence-corrected chi connectivity index (χ3v) is 3.78. The van der Waals surface area contributed by atoms with Gasteiger partial charge in [-0.3, -0.25) is 0 Å². The van der Waals surface area contributed by atoms with Gasteiger partial charge in [-0.05, 0) is 24.8 Å². The van der Waals surface area contributed by atoms with Gasteiger partial charge in [-0.2, -0.15) is 0 Å². The van der Waals surface area contributed by atoms with Crippen molar-refractivity contribution in [2.75, 3.05) is 17.6 Å². The Labute approximate surface area is 126 Å². The lowest BCUT2D eigenvalue weighted by Gasteiger charge is -2.15. The zero-order valence-corrected chi connectivity index (χ0v) is 13.1. The third kappa shape index (κ3) is 3.94. The number of anilines is 2. The molecule has 0 spiro atoms. The van der Waals surface area contributed by atoms with E-state index < -0.39 is 0 Å². The van der Waals surface area contributed by atoms with E-state index in [9.17, 15) is 0 Å². The number of aromatic nitrogens is 2. The average Bonchev–Trinajstić information content (AvgIpc) is 2.51.